The number of ether oxygens (including phenoxy) is 1. The number of cyclic esters (lactones) is 1. The van der Waals surface area contributed by atoms with Crippen molar-refractivity contribution in [2.75, 3.05) is 6.61 Å². The number of allylic oxidation sites excluding steroid dienone is 2. The number of hydrogen-bond acceptors (Lipinski definition) is 4. The molecule has 0 radical (unpaired) electrons. The molecule has 0 spiro atoms. The van der Waals surface area contributed by atoms with Gasteiger partial charge in [-0.2, -0.15) is 0 Å². The second-order valence-electron chi connectivity index (χ2n) is 9.59. The molecule has 34 heavy (non-hydrogen) atoms. The molecule has 6 heteroatoms. The Hall–Kier alpha value is -2.89. The zero-order valence-corrected chi connectivity index (χ0v) is 20.3. The van der Waals surface area contributed by atoms with Crippen LogP contribution in [0, 0.1) is 23.7 Å². The van der Waals surface area contributed by atoms with Gasteiger partial charge in [-0.25, -0.2) is 9.69 Å². The first-order chi connectivity index (χ1) is 16.4. The maximum absolute atomic E-state index is 12.9. The number of benzene rings is 1. The predicted molar refractivity (Wildman–Crippen MR) is 131 cm³/mol. The molecule has 1 heterocycles. The molecule has 1 aromatic carbocycles. The average molecular weight is 468 g/mol. The molecule has 0 unspecified atom stereocenters. The van der Waals surface area contributed by atoms with Crippen molar-refractivity contribution in [3.63, 3.8) is 0 Å². The van der Waals surface area contributed by atoms with Crippen LogP contribution in [0.25, 0.3) is 0 Å². The molecule has 2 saturated carbocycles. The monoisotopic (exact) mass is 467 g/mol. The van der Waals surface area contributed by atoms with E-state index in [4.69, 9.17) is 9.84 Å². The van der Waals surface area contributed by atoms with E-state index in [1.807, 2.05) is 62.4 Å². The van der Waals surface area contributed by atoms with E-state index in [0.717, 1.165) is 18.4 Å². The van der Waals surface area contributed by atoms with Gasteiger partial charge in [0, 0.05) is 0 Å². The molecule has 1 aromatic rings. The Kier molecular flexibility index (Phi) is 9.49. The minimum atomic E-state index is -0.685. The highest BCUT2D eigenvalue weighted by atomic mass is 16.6. The maximum Gasteiger partial charge on any atom is 0.417 e. The van der Waals surface area contributed by atoms with Gasteiger partial charge in [0.05, 0.1) is 17.9 Å². The zero-order chi connectivity index (χ0) is 24.5. The number of hydrogen-bond donors (Lipinski definition) is 1. The minimum absolute atomic E-state index is 0.113. The van der Waals surface area contributed by atoms with Crippen molar-refractivity contribution in [1.29, 1.82) is 0 Å². The van der Waals surface area contributed by atoms with E-state index in [0.29, 0.717) is 18.3 Å². The third-order valence-electron chi connectivity index (χ3n) is 6.56. The van der Waals surface area contributed by atoms with Crippen LogP contribution in [0.4, 0.5) is 4.79 Å². The van der Waals surface area contributed by atoms with E-state index >= 15 is 0 Å². The Morgan fingerprint density at radius 1 is 1.00 bits per heavy atom. The van der Waals surface area contributed by atoms with Crippen molar-refractivity contribution in [2.45, 2.75) is 64.8 Å². The number of aliphatic carboxylic acids is 1. The molecular formula is C28H37NO5. The predicted octanol–water partition coefficient (Wildman–Crippen LogP) is 5.63. The molecule has 4 rings (SSSR count). The van der Waals surface area contributed by atoms with Gasteiger partial charge >= 0.3 is 12.1 Å². The first-order valence-corrected chi connectivity index (χ1v) is 12.4. The summed E-state index contributed by atoms with van der Waals surface area (Å²) < 4.78 is 5.16. The zero-order valence-electron chi connectivity index (χ0n) is 20.3. The number of nitrogens with zero attached hydrogens (tertiary/aromatic N) is 1. The standard InChI is InChI=1S/C19H23NO3.C9H14O2/c1-2-6-16(11-15-9-10-15)18(21)20-17(13-23-19(20)22)12-14-7-4-3-5-8-14;1-2-3-8(9(10)11)6-7-4-5-7/h2-8,15-17H,9-13H2,1H3;2-3,7-8H,4-6H2,1H3,(H,10,11)/b6-2+;3-2+/t16-,17-;8-/m00/s1. The van der Waals surface area contributed by atoms with Gasteiger partial charge in [0.2, 0.25) is 5.91 Å². The molecule has 2 amide bonds. The smallest absolute Gasteiger partial charge is 0.417 e. The fourth-order valence-corrected chi connectivity index (χ4v) is 4.36. The summed E-state index contributed by atoms with van der Waals surface area (Å²) in [5.41, 5.74) is 1.11. The molecule has 1 saturated heterocycles. The summed E-state index contributed by atoms with van der Waals surface area (Å²) in [6.07, 6.45) is 14.1. The SMILES string of the molecule is C/C=C/[C@@H](CC1CC1)C(=O)N1C(=O)OC[C@@H]1Cc1ccccc1.C/C=C/[C@@H](CC1CC1)C(=O)O. The van der Waals surface area contributed by atoms with E-state index in [1.54, 1.807) is 6.08 Å². The van der Waals surface area contributed by atoms with Gasteiger partial charge in [-0.15, -0.1) is 0 Å². The number of carboxylic acid groups (broad SMARTS) is 1. The van der Waals surface area contributed by atoms with Crippen LogP contribution < -0.4 is 0 Å². The highest BCUT2D eigenvalue weighted by molar-refractivity contribution is 5.95. The van der Waals surface area contributed by atoms with Crippen molar-refractivity contribution in [3.8, 4) is 0 Å². The van der Waals surface area contributed by atoms with E-state index in [1.165, 1.54) is 30.6 Å². The number of imide groups is 1. The molecule has 2 aliphatic carbocycles. The summed E-state index contributed by atoms with van der Waals surface area (Å²) in [5, 5.41) is 8.73. The van der Waals surface area contributed by atoms with Crippen molar-refractivity contribution in [1.82, 2.24) is 4.90 Å². The van der Waals surface area contributed by atoms with E-state index in [9.17, 15) is 14.4 Å². The maximum atomic E-state index is 12.9. The third-order valence-corrected chi connectivity index (χ3v) is 6.56. The number of carbonyl (C=O) groups is 3. The van der Waals surface area contributed by atoms with Gasteiger partial charge in [0.1, 0.15) is 6.61 Å². The number of amides is 2. The van der Waals surface area contributed by atoms with E-state index < -0.39 is 12.1 Å². The number of carboxylic acids is 1. The summed E-state index contributed by atoms with van der Waals surface area (Å²) in [4.78, 5) is 36.9. The Morgan fingerprint density at radius 3 is 2.09 bits per heavy atom. The summed E-state index contributed by atoms with van der Waals surface area (Å²) >= 11 is 0. The number of carbonyl (C=O) groups excluding carboxylic acids is 2. The van der Waals surface area contributed by atoms with Gasteiger partial charge in [0.25, 0.3) is 0 Å². The largest absolute Gasteiger partial charge is 0.481 e. The van der Waals surface area contributed by atoms with Crippen LogP contribution in [-0.2, 0) is 20.7 Å². The average Bonchev–Trinajstić information content (AvgIpc) is 3.75. The lowest BCUT2D eigenvalue weighted by Crippen LogP contribution is -2.43. The molecule has 3 aliphatic rings. The first kappa shape index (κ1) is 25.7. The second-order valence-corrected chi connectivity index (χ2v) is 9.59. The van der Waals surface area contributed by atoms with Crippen molar-refractivity contribution in [3.05, 3.63) is 60.2 Å². The van der Waals surface area contributed by atoms with Gasteiger partial charge in [-0.05, 0) is 50.5 Å². The van der Waals surface area contributed by atoms with Crippen LogP contribution in [0.5, 0.6) is 0 Å². The minimum Gasteiger partial charge on any atom is -0.481 e. The van der Waals surface area contributed by atoms with Crippen molar-refractivity contribution < 1.29 is 24.2 Å². The molecule has 0 aromatic heterocycles. The van der Waals surface area contributed by atoms with Crippen LogP contribution in [0.15, 0.2) is 54.6 Å². The Morgan fingerprint density at radius 2 is 1.56 bits per heavy atom. The van der Waals surface area contributed by atoms with E-state index in [2.05, 4.69) is 0 Å². The van der Waals surface area contributed by atoms with E-state index in [-0.39, 0.29) is 30.4 Å². The fraction of sp³-hybridized carbons (Fsp3) is 0.536. The number of rotatable bonds is 10. The highest BCUT2D eigenvalue weighted by Gasteiger charge is 2.41. The Bertz CT molecular complexity index is 885. The van der Waals surface area contributed by atoms with Crippen LogP contribution in [0.3, 0.4) is 0 Å². The summed E-state index contributed by atoms with van der Waals surface area (Å²) in [5.74, 6) is 0.0657. The van der Waals surface area contributed by atoms with Gasteiger partial charge < -0.3 is 9.84 Å². The molecule has 0 bridgehead atoms. The van der Waals surface area contributed by atoms with Gasteiger partial charge in [-0.3, -0.25) is 9.59 Å². The molecular weight excluding hydrogens is 430 g/mol. The topological polar surface area (TPSA) is 83.9 Å². The third kappa shape index (κ3) is 7.86. The van der Waals surface area contributed by atoms with Gasteiger partial charge in [-0.1, -0.05) is 80.3 Å². The van der Waals surface area contributed by atoms with Crippen LogP contribution in [0.2, 0.25) is 0 Å². The highest BCUT2D eigenvalue weighted by Crippen LogP contribution is 2.37. The van der Waals surface area contributed by atoms with Crippen LogP contribution in [-0.4, -0.2) is 40.6 Å². The molecule has 3 fully saturated rings. The molecule has 1 aliphatic heterocycles. The van der Waals surface area contributed by atoms with Crippen molar-refractivity contribution in [2.24, 2.45) is 23.7 Å². The first-order valence-electron chi connectivity index (χ1n) is 12.4. The van der Waals surface area contributed by atoms with Gasteiger partial charge in [0.15, 0.2) is 0 Å². The molecule has 1 N–H and O–H groups in total. The van der Waals surface area contributed by atoms with Crippen LogP contribution >= 0.6 is 0 Å². The molecule has 3 atom stereocenters. The quantitative estimate of drug-likeness (QED) is 0.451. The molecule has 184 valence electrons. The summed E-state index contributed by atoms with van der Waals surface area (Å²) in [6, 6.07) is 9.71. The lowest BCUT2D eigenvalue weighted by atomic mass is 9.98. The Labute approximate surface area is 202 Å². The van der Waals surface area contributed by atoms with Crippen LogP contribution in [0.1, 0.15) is 57.9 Å². The summed E-state index contributed by atoms with van der Waals surface area (Å²) in [7, 11) is 0. The fourth-order valence-electron chi connectivity index (χ4n) is 4.36. The normalized spacial score (nSPS) is 21.8. The second kappa shape index (κ2) is 12.5. The van der Waals surface area contributed by atoms with Crippen molar-refractivity contribution >= 4 is 18.0 Å². The molecule has 6 nitrogen and oxygen atoms in total. The Balaban J connectivity index is 0.000000248. The summed E-state index contributed by atoms with van der Waals surface area (Å²) in [6.45, 7) is 4.06. The lowest BCUT2D eigenvalue weighted by Gasteiger charge is -2.23. The lowest BCUT2D eigenvalue weighted by molar-refractivity contribution is -0.140.